The van der Waals surface area contributed by atoms with Crippen molar-refractivity contribution in [1.29, 1.82) is 5.26 Å². The topological polar surface area (TPSA) is 57.0 Å². The van der Waals surface area contributed by atoms with E-state index in [0.717, 1.165) is 10.6 Å². The van der Waals surface area contributed by atoms with Gasteiger partial charge in [0.1, 0.15) is 11.1 Å². The van der Waals surface area contributed by atoms with Crippen molar-refractivity contribution in [2.75, 3.05) is 11.9 Å². The second-order valence-electron chi connectivity index (χ2n) is 3.81. The normalized spacial score (nSPS) is 9.83. The summed E-state index contributed by atoms with van der Waals surface area (Å²) in [4.78, 5) is 17.8. The molecule has 90 valence electrons. The summed E-state index contributed by atoms with van der Waals surface area (Å²) in [5.74, 6) is -0.217. The molecule has 0 aliphatic heterocycles. The van der Waals surface area contributed by atoms with E-state index in [1.807, 2.05) is 24.4 Å². The fraction of sp³-hybridized carbons (Fsp3) is 0.154. The molecule has 2 heterocycles. The summed E-state index contributed by atoms with van der Waals surface area (Å²) in [5.41, 5.74) is 1.71. The lowest BCUT2D eigenvalue weighted by Gasteiger charge is -2.16. The highest BCUT2D eigenvalue weighted by Crippen LogP contribution is 2.27. The third kappa shape index (κ3) is 2.11. The lowest BCUT2D eigenvalue weighted by molar-refractivity contribution is 0.0993. The van der Waals surface area contributed by atoms with E-state index < -0.39 is 0 Å². The maximum Gasteiger partial charge on any atom is 0.261 e. The second-order valence-corrected chi connectivity index (χ2v) is 4.70. The molecule has 0 aromatic carbocycles. The van der Waals surface area contributed by atoms with E-state index in [1.165, 1.54) is 23.7 Å². The average molecular weight is 257 g/mol. The van der Waals surface area contributed by atoms with Gasteiger partial charge in [0.25, 0.3) is 5.91 Å². The molecule has 0 fully saturated rings. The van der Waals surface area contributed by atoms with Crippen LogP contribution in [0.1, 0.15) is 21.5 Å². The molecule has 2 aromatic heterocycles. The fourth-order valence-corrected chi connectivity index (χ4v) is 2.54. The Labute approximate surface area is 109 Å². The molecule has 4 nitrogen and oxygen atoms in total. The molecule has 0 spiro atoms. The smallest absolute Gasteiger partial charge is 0.261 e. The quantitative estimate of drug-likeness (QED) is 0.831. The molecule has 0 unspecified atom stereocenters. The van der Waals surface area contributed by atoms with Gasteiger partial charge in [0.05, 0.1) is 11.1 Å². The highest BCUT2D eigenvalue weighted by molar-refractivity contribution is 7.14. The monoisotopic (exact) mass is 257 g/mol. The standard InChI is InChI=1S/C13H11N3OS/c1-9-4-6-18-13(9)16(2)12(17)11-8-15-5-3-10(11)7-14/h3-6,8H,1-2H3. The first kappa shape index (κ1) is 12.3. The van der Waals surface area contributed by atoms with Crippen molar-refractivity contribution in [3.05, 3.63) is 46.6 Å². The zero-order valence-electron chi connectivity index (χ0n) is 10.0. The highest BCUT2D eigenvalue weighted by Gasteiger charge is 2.19. The van der Waals surface area contributed by atoms with Gasteiger partial charge in [0, 0.05) is 19.4 Å². The van der Waals surface area contributed by atoms with Gasteiger partial charge in [-0.25, -0.2) is 0 Å². The Bertz CT molecular complexity index is 627. The number of aromatic nitrogens is 1. The molecule has 2 aromatic rings. The van der Waals surface area contributed by atoms with E-state index in [2.05, 4.69) is 4.98 Å². The maximum atomic E-state index is 12.3. The van der Waals surface area contributed by atoms with Crippen molar-refractivity contribution in [3.63, 3.8) is 0 Å². The summed E-state index contributed by atoms with van der Waals surface area (Å²) in [6.45, 7) is 1.95. The highest BCUT2D eigenvalue weighted by atomic mass is 32.1. The van der Waals surface area contributed by atoms with Gasteiger partial charge >= 0.3 is 0 Å². The zero-order chi connectivity index (χ0) is 13.1. The average Bonchev–Trinajstić information content (AvgIpc) is 2.83. The zero-order valence-corrected chi connectivity index (χ0v) is 10.9. The summed E-state index contributed by atoms with van der Waals surface area (Å²) >= 11 is 1.50. The Morgan fingerprint density at radius 3 is 2.89 bits per heavy atom. The molecule has 5 heteroatoms. The number of hydrogen-bond acceptors (Lipinski definition) is 4. The minimum Gasteiger partial charge on any atom is -0.303 e. The Morgan fingerprint density at radius 1 is 1.50 bits per heavy atom. The van der Waals surface area contributed by atoms with E-state index in [0.29, 0.717) is 11.1 Å². The first-order valence-electron chi connectivity index (χ1n) is 5.31. The van der Waals surface area contributed by atoms with Crippen LogP contribution in [0.5, 0.6) is 0 Å². The minimum atomic E-state index is -0.217. The Balaban J connectivity index is 2.38. The van der Waals surface area contributed by atoms with Crippen molar-refractivity contribution >= 4 is 22.2 Å². The van der Waals surface area contributed by atoms with Gasteiger partial charge in [0.2, 0.25) is 0 Å². The largest absolute Gasteiger partial charge is 0.303 e. The molecule has 0 saturated carbocycles. The number of carbonyl (C=O) groups excluding carboxylic acids is 1. The van der Waals surface area contributed by atoms with Gasteiger partial charge in [-0.3, -0.25) is 9.78 Å². The summed E-state index contributed by atoms with van der Waals surface area (Å²) < 4.78 is 0. The molecular weight excluding hydrogens is 246 g/mol. The Kier molecular flexibility index (Phi) is 3.40. The SMILES string of the molecule is Cc1ccsc1N(C)C(=O)c1cnccc1C#N. The predicted octanol–water partition coefficient (Wildman–Crippen LogP) is 2.60. The molecule has 0 aliphatic carbocycles. The summed E-state index contributed by atoms with van der Waals surface area (Å²) in [7, 11) is 1.70. The van der Waals surface area contributed by atoms with Crippen LogP contribution < -0.4 is 4.90 Å². The number of carbonyl (C=O) groups is 1. The van der Waals surface area contributed by atoms with Crippen LogP contribution in [0.2, 0.25) is 0 Å². The first-order valence-corrected chi connectivity index (χ1v) is 6.19. The lowest BCUT2D eigenvalue weighted by Crippen LogP contribution is -2.26. The van der Waals surface area contributed by atoms with Crippen molar-refractivity contribution < 1.29 is 4.79 Å². The van der Waals surface area contributed by atoms with Crippen LogP contribution in [-0.4, -0.2) is 17.9 Å². The third-order valence-electron chi connectivity index (χ3n) is 2.62. The number of amides is 1. The van der Waals surface area contributed by atoms with E-state index in [9.17, 15) is 4.79 Å². The Morgan fingerprint density at radius 2 is 2.28 bits per heavy atom. The van der Waals surface area contributed by atoms with Gasteiger partial charge in [-0.2, -0.15) is 5.26 Å². The number of thiophene rings is 1. The minimum absolute atomic E-state index is 0.217. The van der Waals surface area contributed by atoms with Crippen LogP contribution in [0.4, 0.5) is 5.00 Å². The van der Waals surface area contributed by atoms with Crippen LogP contribution in [0.25, 0.3) is 0 Å². The van der Waals surface area contributed by atoms with E-state index in [1.54, 1.807) is 18.0 Å². The van der Waals surface area contributed by atoms with Gasteiger partial charge in [-0.05, 0) is 30.0 Å². The molecule has 2 rings (SSSR count). The summed E-state index contributed by atoms with van der Waals surface area (Å²) in [5, 5.41) is 11.8. The molecule has 18 heavy (non-hydrogen) atoms. The molecular formula is C13H11N3OS. The number of nitriles is 1. The van der Waals surface area contributed by atoms with Crippen molar-refractivity contribution in [2.45, 2.75) is 6.92 Å². The number of hydrogen-bond donors (Lipinski definition) is 0. The number of rotatable bonds is 2. The third-order valence-corrected chi connectivity index (χ3v) is 3.71. The van der Waals surface area contributed by atoms with Crippen LogP contribution >= 0.6 is 11.3 Å². The molecule has 1 amide bonds. The van der Waals surface area contributed by atoms with E-state index in [4.69, 9.17) is 5.26 Å². The van der Waals surface area contributed by atoms with Crippen LogP contribution in [0, 0.1) is 18.3 Å². The van der Waals surface area contributed by atoms with Gasteiger partial charge in [-0.1, -0.05) is 0 Å². The summed E-state index contributed by atoms with van der Waals surface area (Å²) in [6, 6.07) is 5.51. The second kappa shape index (κ2) is 4.98. The summed E-state index contributed by atoms with van der Waals surface area (Å²) in [6.07, 6.45) is 2.94. The number of anilines is 1. The van der Waals surface area contributed by atoms with Crippen LogP contribution in [0.15, 0.2) is 29.9 Å². The molecule has 0 bridgehead atoms. The van der Waals surface area contributed by atoms with Crippen molar-refractivity contribution in [1.82, 2.24) is 4.98 Å². The number of pyridine rings is 1. The van der Waals surface area contributed by atoms with E-state index in [-0.39, 0.29) is 5.91 Å². The molecule has 0 N–H and O–H groups in total. The predicted molar refractivity (Wildman–Crippen MR) is 70.7 cm³/mol. The molecule has 0 atom stereocenters. The van der Waals surface area contributed by atoms with Crippen molar-refractivity contribution in [2.24, 2.45) is 0 Å². The van der Waals surface area contributed by atoms with Crippen molar-refractivity contribution in [3.8, 4) is 6.07 Å². The van der Waals surface area contributed by atoms with Crippen LogP contribution in [-0.2, 0) is 0 Å². The van der Waals surface area contributed by atoms with E-state index >= 15 is 0 Å². The van der Waals surface area contributed by atoms with Gasteiger partial charge < -0.3 is 4.90 Å². The van der Waals surface area contributed by atoms with Crippen LogP contribution in [0.3, 0.4) is 0 Å². The lowest BCUT2D eigenvalue weighted by atomic mass is 10.1. The van der Waals surface area contributed by atoms with Gasteiger partial charge in [-0.15, -0.1) is 11.3 Å². The molecule has 0 radical (unpaired) electrons. The fourth-order valence-electron chi connectivity index (χ4n) is 1.64. The maximum absolute atomic E-state index is 12.3. The Hall–Kier alpha value is -2.19. The molecule has 0 aliphatic rings. The first-order chi connectivity index (χ1) is 8.65. The van der Waals surface area contributed by atoms with Gasteiger partial charge in [0.15, 0.2) is 0 Å². The number of nitrogens with zero attached hydrogens (tertiary/aromatic N) is 3. The molecule has 0 saturated heterocycles. The number of aryl methyl sites for hydroxylation is 1.